The number of aromatic nitrogens is 1. The highest BCUT2D eigenvalue weighted by atomic mass is 16.4. The summed E-state index contributed by atoms with van der Waals surface area (Å²) in [5.41, 5.74) is 1.16. The van der Waals surface area contributed by atoms with E-state index >= 15 is 0 Å². The van der Waals surface area contributed by atoms with E-state index in [1.165, 1.54) is 6.20 Å². The monoisotopic (exact) mass is 235 g/mol. The molecule has 0 aromatic carbocycles. The van der Waals surface area contributed by atoms with Gasteiger partial charge in [0, 0.05) is 31.9 Å². The van der Waals surface area contributed by atoms with Gasteiger partial charge >= 0.3 is 5.97 Å². The minimum Gasteiger partial charge on any atom is -0.478 e. The van der Waals surface area contributed by atoms with Gasteiger partial charge in [-0.2, -0.15) is 0 Å². The van der Waals surface area contributed by atoms with Crippen molar-refractivity contribution in [3.05, 3.63) is 23.4 Å². The van der Waals surface area contributed by atoms with Gasteiger partial charge in [-0.1, -0.05) is 0 Å². The molecule has 1 aromatic rings. The van der Waals surface area contributed by atoms with E-state index in [0.717, 1.165) is 31.0 Å². The van der Waals surface area contributed by atoms with Gasteiger partial charge in [-0.25, -0.2) is 9.78 Å². The first kappa shape index (κ1) is 11.9. The number of anilines is 1. The third-order valence-electron chi connectivity index (χ3n) is 2.97. The van der Waals surface area contributed by atoms with Crippen LogP contribution in [0.1, 0.15) is 22.8 Å². The van der Waals surface area contributed by atoms with E-state index in [-0.39, 0.29) is 5.56 Å². The van der Waals surface area contributed by atoms with Gasteiger partial charge in [-0.3, -0.25) is 0 Å². The standard InChI is InChI=1S/C12H17N3O2/c1-8-5-10(12(16)17)6-14-11(8)15-4-3-13-9(2)7-15/h5-6,9,13H,3-4,7H2,1-2H3,(H,16,17)/t9-/m1/s1. The molecule has 17 heavy (non-hydrogen) atoms. The van der Waals surface area contributed by atoms with Crippen molar-refractivity contribution in [2.45, 2.75) is 19.9 Å². The van der Waals surface area contributed by atoms with Crippen LogP contribution in [0.25, 0.3) is 0 Å². The van der Waals surface area contributed by atoms with Crippen LogP contribution in [0.4, 0.5) is 5.82 Å². The van der Waals surface area contributed by atoms with E-state index in [9.17, 15) is 4.79 Å². The van der Waals surface area contributed by atoms with Crippen molar-refractivity contribution < 1.29 is 9.90 Å². The molecule has 5 heteroatoms. The molecule has 5 nitrogen and oxygen atoms in total. The third kappa shape index (κ3) is 2.55. The second kappa shape index (κ2) is 4.71. The average molecular weight is 235 g/mol. The van der Waals surface area contributed by atoms with Crippen LogP contribution in [0.15, 0.2) is 12.3 Å². The van der Waals surface area contributed by atoms with E-state index < -0.39 is 5.97 Å². The molecule has 1 saturated heterocycles. The maximum Gasteiger partial charge on any atom is 0.337 e. The largest absolute Gasteiger partial charge is 0.478 e. The maximum atomic E-state index is 10.8. The first-order valence-electron chi connectivity index (χ1n) is 5.76. The molecule has 1 atom stereocenters. The number of pyridine rings is 1. The Morgan fingerprint density at radius 3 is 3.00 bits per heavy atom. The average Bonchev–Trinajstić information content (AvgIpc) is 2.28. The predicted octanol–water partition coefficient (Wildman–Crippen LogP) is 0.886. The smallest absolute Gasteiger partial charge is 0.337 e. The number of aromatic carboxylic acids is 1. The van der Waals surface area contributed by atoms with E-state index in [4.69, 9.17) is 5.11 Å². The first-order valence-corrected chi connectivity index (χ1v) is 5.76. The predicted molar refractivity (Wildman–Crippen MR) is 65.6 cm³/mol. The summed E-state index contributed by atoms with van der Waals surface area (Å²) in [6.07, 6.45) is 1.43. The van der Waals surface area contributed by atoms with E-state index in [1.807, 2.05) is 6.92 Å². The van der Waals surface area contributed by atoms with Gasteiger partial charge < -0.3 is 15.3 Å². The van der Waals surface area contributed by atoms with Gasteiger partial charge in [0.05, 0.1) is 5.56 Å². The highest BCUT2D eigenvalue weighted by molar-refractivity contribution is 5.87. The maximum absolute atomic E-state index is 10.8. The third-order valence-corrected chi connectivity index (χ3v) is 2.97. The quantitative estimate of drug-likeness (QED) is 0.797. The molecular weight excluding hydrogens is 218 g/mol. The summed E-state index contributed by atoms with van der Waals surface area (Å²) < 4.78 is 0. The molecule has 1 aromatic heterocycles. The van der Waals surface area contributed by atoms with Crippen molar-refractivity contribution in [3.63, 3.8) is 0 Å². The number of aryl methyl sites for hydroxylation is 1. The van der Waals surface area contributed by atoms with Crippen molar-refractivity contribution in [2.75, 3.05) is 24.5 Å². The fraction of sp³-hybridized carbons (Fsp3) is 0.500. The minimum atomic E-state index is -0.930. The van der Waals surface area contributed by atoms with Gasteiger partial charge in [0.1, 0.15) is 5.82 Å². The van der Waals surface area contributed by atoms with Crippen LogP contribution < -0.4 is 10.2 Å². The molecule has 0 bridgehead atoms. The van der Waals surface area contributed by atoms with Crippen molar-refractivity contribution in [3.8, 4) is 0 Å². The lowest BCUT2D eigenvalue weighted by atomic mass is 10.1. The molecule has 0 unspecified atom stereocenters. The Kier molecular flexibility index (Phi) is 3.28. The second-order valence-electron chi connectivity index (χ2n) is 4.47. The highest BCUT2D eigenvalue weighted by Crippen LogP contribution is 2.19. The summed E-state index contributed by atoms with van der Waals surface area (Å²) in [6, 6.07) is 2.11. The van der Waals surface area contributed by atoms with Gasteiger partial charge in [0.2, 0.25) is 0 Å². The van der Waals surface area contributed by atoms with Crippen molar-refractivity contribution in [1.29, 1.82) is 0 Å². The Hall–Kier alpha value is -1.62. The van der Waals surface area contributed by atoms with Crippen LogP contribution in [0.3, 0.4) is 0 Å². The number of nitrogens with one attached hydrogen (secondary N) is 1. The molecule has 0 spiro atoms. The van der Waals surface area contributed by atoms with Crippen LogP contribution >= 0.6 is 0 Å². The van der Waals surface area contributed by atoms with E-state index in [0.29, 0.717) is 6.04 Å². The number of rotatable bonds is 2. The van der Waals surface area contributed by atoms with Gasteiger partial charge in [-0.05, 0) is 25.5 Å². The lowest BCUT2D eigenvalue weighted by Crippen LogP contribution is -2.49. The topological polar surface area (TPSA) is 65.5 Å². The van der Waals surface area contributed by atoms with Crippen LogP contribution in [0, 0.1) is 6.92 Å². The molecule has 92 valence electrons. The summed E-state index contributed by atoms with van der Waals surface area (Å²) >= 11 is 0. The lowest BCUT2D eigenvalue weighted by Gasteiger charge is -2.33. The van der Waals surface area contributed by atoms with E-state index in [2.05, 4.69) is 22.1 Å². The Morgan fingerprint density at radius 1 is 1.65 bits per heavy atom. The number of piperazine rings is 1. The Labute approximate surface area is 100 Å². The van der Waals surface area contributed by atoms with Gasteiger partial charge in [0.25, 0.3) is 0 Å². The summed E-state index contributed by atoms with van der Waals surface area (Å²) in [7, 11) is 0. The Morgan fingerprint density at radius 2 is 2.41 bits per heavy atom. The van der Waals surface area contributed by atoms with Crippen molar-refractivity contribution in [1.82, 2.24) is 10.3 Å². The SMILES string of the molecule is Cc1cc(C(=O)O)cnc1N1CCN[C@H](C)C1. The molecule has 2 rings (SSSR count). The number of carboxylic acid groups (broad SMARTS) is 1. The molecule has 0 saturated carbocycles. The zero-order valence-electron chi connectivity index (χ0n) is 10.1. The van der Waals surface area contributed by atoms with Crippen LogP contribution in [0.5, 0.6) is 0 Å². The number of hydrogen-bond acceptors (Lipinski definition) is 4. The summed E-state index contributed by atoms with van der Waals surface area (Å²) in [5.74, 6) is -0.0378. The summed E-state index contributed by atoms with van der Waals surface area (Å²) in [4.78, 5) is 17.3. The Balaban J connectivity index is 2.23. The van der Waals surface area contributed by atoms with Crippen LogP contribution in [0.2, 0.25) is 0 Å². The zero-order valence-corrected chi connectivity index (χ0v) is 10.1. The molecule has 1 fully saturated rings. The molecule has 0 amide bonds. The van der Waals surface area contributed by atoms with Gasteiger partial charge in [0.15, 0.2) is 0 Å². The number of carboxylic acids is 1. The lowest BCUT2D eigenvalue weighted by molar-refractivity contribution is 0.0696. The molecular formula is C12H17N3O2. The van der Waals surface area contributed by atoms with Crippen molar-refractivity contribution in [2.24, 2.45) is 0 Å². The second-order valence-corrected chi connectivity index (χ2v) is 4.47. The number of carbonyl (C=O) groups is 1. The van der Waals surface area contributed by atoms with Gasteiger partial charge in [-0.15, -0.1) is 0 Å². The fourth-order valence-corrected chi connectivity index (χ4v) is 2.14. The molecule has 1 aliphatic heterocycles. The molecule has 0 aliphatic carbocycles. The highest BCUT2D eigenvalue weighted by Gasteiger charge is 2.19. The van der Waals surface area contributed by atoms with Crippen LogP contribution in [-0.2, 0) is 0 Å². The number of hydrogen-bond donors (Lipinski definition) is 2. The first-order chi connectivity index (χ1) is 8.08. The molecule has 2 N–H and O–H groups in total. The number of nitrogens with zero attached hydrogens (tertiary/aromatic N) is 2. The van der Waals surface area contributed by atoms with Crippen LogP contribution in [-0.4, -0.2) is 41.7 Å². The molecule has 1 aliphatic rings. The molecule has 0 radical (unpaired) electrons. The normalized spacial score (nSPS) is 20.4. The zero-order chi connectivity index (χ0) is 12.4. The summed E-state index contributed by atoms with van der Waals surface area (Å²) in [5, 5.41) is 12.3. The Bertz CT molecular complexity index is 434. The fourth-order valence-electron chi connectivity index (χ4n) is 2.14. The van der Waals surface area contributed by atoms with Crippen molar-refractivity contribution >= 4 is 11.8 Å². The summed E-state index contributed by atoms with van der Waals surface area (Å²) in [6.45, 7) is 6.78. The minimum absolute atomic E-state index is 0.245. The van der Waals surface area contributed by atoms with E-state index in [1.54, 1.807) is 6.07 Å². The molecule has 2 heterocycles.